The SMILES string of the molecule is NC1=NC(=O)C(Cc2ccc(C(=O)N(CC(=O)O)c3ccc(Br)cc3F)cc2)S1. The molecule has 0 saturated heterocycles. The largest absolute Gasteiger partial charge is 0.480 e. The molecule has 1 aliphatic rings. The monoisotopic (exact) mass is 479 g/mol. The molecule has 1 heterocycles. The summed E-state index contributed by atoms with van der Waals surface area (Å²) >= 11 is 4.31. The van der Waals surface area contributed by atoms with Crippen molar-refractivity contribution in [2.75, 3.05) is 11.4 Å². The van der Waals surface area contributed by atoms with E-state index in [1.165, 1.54) is 36.0 Å². The molecule has 3 rings (SSSR count). The molecule has 0 bridgehead atoms. The number of amidine groups is 1. The van der Waals surface area contributed by atoms with E-state index in [-0.39, 0.29) is 22.3 Å². The molecular formula is C19H15BrFN3O4S. The van der Waals surface area contributed by atoms with E-state index >= 15 is 0 Å². The van der Waals surface area contributed by atoms with E-state index in [9.17, 15) is 18.8 Å². The Labute approximate surface area is 177 Å². The summed E-state index contributed by atoms with van der Waals surface area (Å²) in [7, 11) is 0. The summed E-state index contributed by atoms with van der Waals surface area (Å²) in [6.07, 6.45) is 0.391. The van der Waals surface area contributed by atoms with Crippen LogP contribution < -0.4 is 10.6 Å². The number of rotatable bonds is 6. The van der Waals surface area contributed by atoms with Crippen molar-refractivity contribution >= 4 is 56.3 Å². The lowest BCUT2D eigenvalue weighted by Gasteiger charge is -2.22. The van der Waals surface area contributed by atoms with E-state index in [1.54, 1.807) is 12.1 Å². The zero-order chi connectivity index (χ0) is 21.1. The predicted molar refractivity (Wildman–Crippen MR) is 112 cm³/mol. The Morgan fingerprint density at radius 3 is 2.48 bits per heavy atom. The van der Waals surface area contributed by atoms with Crippen LogP contribution in [0.2, 0.25) is 0 Å². The molecule has 10 heteroatoms. The van der Waals surface area contributed by atoms with Crippen LogP contribution in [0.5, 0.6) is 0 Å². The molecule has 150 valence electrons. The van der Waals surface area contributed by atoms with Crippen LogP contribution in [0.25, 0.3) is 0 Å². The Morgan fingerprint density at radius 2 is 1.93 bits per heavy atom. The number of halogens is 2. The molecule has 1 unspecified atom stereocenters. The number of benzene rings is 2. The standard InChI is InChI=1S/C19H15BrFN3O4S/c20-12-5-6-14(13(21)8-12)24(9-16(25)26)18(28)11-3-1-10(2-4-11)7-15-17(27)23-19(22)29-15/h1-6,8,15H,7,9H2,(H,25,26)(H2,22,23,27). The highest BCUT2D eigenvalue weighted by Crippen LogP contribution is 2.26. The van der Waals surface area contributed by atoms with Gasteiger partial charge in [0.15, 0.2) is 5.17 Å². The highest BCUT2D eigenvalue weighted by Gasteiger charge is 2.27. The van der Waals surface area contributed by atoms with Gasteiger partial charge in [-0.1, -0.05) is 39.8 Å². The Bertz CT molecular complexity index is 1010. The first-order valence-corrected chi connectivity index (χ1v) is 10.0. The van der Waals surface area contributed by atoms with Gasteiger partial charge in [0.2, 0.25) is 0 Å². The summed E-state index contributed by atoms with van der Waals surface area (Å²) in [6, 6.07) is 10.4. The van der Waals surface area contributed by atoms with Crippen molar-refractivity contribution in [1.29, 1.82) is 0 Å². The molecular weight excluding hydrogens is 465 g/mol. The summed E-state index contributed by atoms with van der Waals surface area (Å²) in [5.41, 5.74) is 6.39. The summed E-state index contributed by atoms with van der Waals surface area (Å²) in [5, 5.41) is 8.98. The van der Waals surface area contributed by atoms with Crippen LogP contribution in [0, 0.1) is 5.82 Å². The topological polar surface area (TPSA) is 113 Å². The molecule has 0 fully saturated rings. The molecule has 2 aromatic rings. The zero-order valence-electron chi connectivity index (χ0n) is 14.8. The van der Waals surface area contributed by atoms with Gasteiger partial charge in [-0.2, -0.15) is 4.99 Å². The maximum absolute atomic E-state index is 14.3. The van der Waals surface area contributed by atoms with Gasteiger partial charge >= 0.3 is 5.97 Å². The van der Waals surface area contributed by atoms with Crippen molar-refractivity contribution in [2.45, 2.75) is 11.7 Å². The third-order valence-corrected chi connectivity index (χ3v) is 5.60. The maximum atomic E-state index is 14.3. The van der Waals surface area contributed by atoms with Gasteiger partial charge in [-0.05, 0) is 42.3 Å². The van der Waals surface area contributed by atoms with Gasteiger partial charge in [0.1, 0.15) is 12.4 Å². The van der Waals surface area contributed by atoms with Crippen LogP contribution in [0.1, 0.15) is 15.9 Å². The first-order valence-electron chi connectivity index (χ1n) is 8.37. The lowest BCUT2D eigenvalue weighted by Crippen LogP contribution is -2.36. The number of amides is 2. The molecule has 1 aliphatic heterocycles. The molecule has 29 heavy (non-hydrogen) atoms. The number of hydrogen-bond acceptors (Lipinski definition) is 5. The summed E-state index contributed by atoms with van der Waals surface area (Å²) in [6.45, 7) is -0.691. The first kappa shape index (κ1) is 21.0. The number of carbonyl (C=O) groups excluding carboxylic acids is 2. The van der Waals surface area contributed by atoms with Gasteiger partial charge < -0.3 is 10.8 Å². The fourth-order valence-corrected chi connectivity index (χ4v) is 3.98. The van der Waals surface area contributed by atoms with Crippen LogP contribution in [0.4, 0.5) is 10.1 Å². The Morgan fingerprint density at radius 1 is 1.24 bits per heavy atom. The van der Waals surface area contributed by atoms with Crippen LogP contribution in [0.15, 0.2) is 51.9 Å². The van der Waals surface area contributed by atoms with Gasteiger partial charge in [-0.15, -0.1) is 0 Å². The second kappa shape index (κ2) is 8.75. The van der Waals surface area contributed by atoms with E-state index in [1.807, 2.05) is 0 Å². The van der Waals surface area contributed by atoms with Crippen LogP contribution in [-0.2, 0) is 16.0 Å². The minimum Gasteiger partial charge on any atom is -0.480 e. The lowest BCUT2D eigenvalue weighted by atomic mass is 10.1. The molecule has 2 aromatic carbocycles. The fraction of sp³-hybridized carbons (Fsp3) is 0.158. The van der Waals surface area contributed by atoms with E-state index in [0.717, 1.165) is 16.5 Å². The van der Waals surface area contributed by atoms with Crippen molar-refractivity contribution in [3.63, 3.8) is 0 Å². The molecule has 0 aromatic heterocycles. The number of nitrogens with two attached hydrogens (primary N) is 1. The van der Waals surface area contributed by atoms with Crippen LogP contribution in [0.3, 0.4) is 0 Å². The lowest BCUT2D eigenvalue weighted by molar-refractivity contribution is -0.135. The molecule has 3 N–H and O–H groups in total. The smallest absolute Gasteiger partial charge is 0.323 e. The van der Waals surface area contributed by atoms with Crippen molar-refractivity contribution in [3.8, 4) is 0 Å². The number of aliphatic imine (C=N–C) groups is 1. The van der Waals surface area contributed by atoms with E-state index in [0.29, 0.717) is 10.9 Å². The van der Waals surface area contributed by atoms with Crippen molar-refractivity contribution in [1.82, 2.24) is 0 Å². The average molecular weight is 480 g/mol. The van der Waals surface area contributed by atoms with Crippen LogP contribution in [-0.4, -0.2) is 39.9 Å². The van der Waals surface area contributed by atoms with Gasteiger partial charge in [0, 0.05) is 10.0 Å². The number of hydrogen-bond donors (Lipinski definition) is 2. The normalized spacial score (nSPS) is 15.9. The number of anilines is 1. The minimum atomic E-state index is -1.27. The molecule has 0 aliphatic carbocycles. The van der Waals surface area contributed by atoms with Crippen molar-refractivity contribution < 1.29 is 23.9 Å². The molecule has 0 radical (unpaired) electrons. The minimum absolute atomic E-state index is 0.134. The number of thioether (sulfide) groups is 1. The third-order valence-electron chi connectivity index (χ3n) is 4.12. The van der Waals surface area contributed by atoms with E-state index < -0.39 is 29.5 Å². The first-order chi connectivity index (χ1) is 13.7. The number of carbonyl (C=O) groups is 3. The third kappa shape index (κ3) is 5.01. The van der Waals surface area contributed by atoms with Gasteiger partial charge in [0.25, 0.3) is 11.8 Å². The fourth-order valence-electron chi connectivity index (χ4n) is 2.79. The molecule has 0 spiro atoms. The number of nitrogens with zero attached hydrogens (tertiary/aromatic N) is 2. The average Bonchev–Trinajstić information content (AvgIpc) is 2.97. The summed E-state index contributed by atoms with van der Waals surface area (Å²) < 4.78 is 14.8. The second-order valence-electron chi connectivity index (χ2n) is 6.18. The molecule has 7 nitrogen and oxygen atoms in total. The molecule has 2 amide bonds. The Hall–Kier alpha value is -2.72. The maximum Gasteiger partial charge on any atom is 0.323 e. The van der Waals surface area contributed by atoms with Crippen molar-refractivity contribution in [2.24, 2.45) is 10.7 Å². The Kier molecular flexibility index (Phi) is 6.33. The number of carboxylic acid groups (broad SMARTS) is 1. The Balaban J connectivity index is 1.81. The highest BCUT2D eigenvalue weighted by molar-refractivity contribution is 9.10. The van der Waals surface area contributed by atoms with E-state index in [2.05, 4.69) is 20.9 Å². The number of aliphatic carboxylic acids is 1. The molecule has 1 atom stereocenters. The van der Waals surface area contributed by atoms with Gasteiger partial charge in [-0.25, -0.2) is 4.39 Å². The van der Waals surface area contributed by atoms with Gasteiger partial charge in [-0.3, -0.25) is 19.3 Å². The van der Waals surface area contributed by atoms with Gasteiger partial charge in [0.05, 0.1) is 10.9 Å². The van der Waals surface area contributed by atoms with E-state index in [4.69, 9.17) is 10.8 Å². The number of carboxylic acids is 1. The predicted octanol–water partition coefficient (Wildman–Crippen LogP) is 2.82. The zero-order valence-corrected chi connectivity index (χ0v) is 17.2. The summed E-state index contributed by atoms with van der Waals surface area (Å²) in [5.74, 6) is -2.95. The summed E-state index contributed by atoms with van der Waals surface area (Å²) in [4.78, 5) is 40.3. The second-order valence-corrected chi connectivity index (χ2v) is 8.32. The molecule has 0 saturated carbocycles. The highest BCUT2D eigenvalue weighted by atomic mass is 79.9. The van der Waals surface area contributed by atoms with Crippen LogP contribution >= 0.6 is 27.7 Å². The van der Waals surface area contributed by atoms with Crippen molar-refractivity contribution in [3.05, 3.63) is 63.9 Å². The quantitative estimate of drug-likeness (QED) is 0.658.